The number of pyridine rings is 1. The van der Waals surface area contributed by atoms with Crippen LogP contribution < -0.4 is 9.30 Å². The molecule has 0 spiro atoms. The van der Waals surface area contributed by atoms with E-state index in [4.69, 9.17) is 16.6 Å². The summed E-state index contributed by atoms with van der Waals surface area (Å²) in [5.41, 5.74) is 12.1. The van der Waals surface area contributed by atoms with E-state index in [2.05, 4.69) is 149 Å². The first-order chi connectivity index (χ1) is 40.6. The summed E-state index contributed by atoms with van der Waals surface area (Å²) in [5.74, 6) is 1.08. The summed E-state index contributed by atoms with van der Waals surface area (Å²) in [6.45, 7) is 16.9. The summed E-state index contributed by atoms with van der Waals surface area (Å²) in [4.78, 5) is 4.88. The second-order valence-electron chi connectivity index (χ2n) is 22.5. The molecule has 0 aliphatic rings. The smallest absolute Gasteiger partial charge is 0.268 e. The maximum atomic E-state index is 9.28. The maximum Gasteiger partial charge on any atom is 0.268 e. The van der Waals surface area contributed by atoms with Crippen LogP contribution in [0.4, 0.5) is 0 Å². The number of hydrogen-bond donors (Lipinski definition) is 0. The fraction of sp³-hybridized carbons (Fsp3) is 0.167. The van der Waals surface area contributed by atoms with Crippen molar-refractivity contribution in [2.75, 3.05) is 0 Å². The summed E-state index contributed by atoms with van der Waals surface area (Å²) in [6, 6.07) is 62.1. The van der Waals surface area contributed by atoms with E-state index in [1.165, 1.54) is 10.8 Å². The zero-order valence-corrected chi connectivity index (χ0v) is 47.6. The standard InChI is InChI=1S/C72H61N5O.Pt/c1-47(2)38-48-36-37-73-69(39-48)77-65-35-32-54(76-63-28-14-12-24-59(63)60-25-13-15-29-64(60)76)44-62(65)61-34-33-56(45-68(61)77)78-55-23-18-22-53(43-55)74-46-75(67-31-17-16-30-66(67)74)70-57(49-20-10-9-11-21-49)26-19-27-58(70)50-40-51(71(3,4)5)42-52(41-50)72(6,7)8;/h9-37,39-42,44,47H,38H2,1-8H3;/q-2;/i9D,10D,11D,20D,21D,38D2;. The van der Waals surface area contributed by atoms with Gasteiger partial charge >= 0.3 is 0 Å². The molecule has 0 atom stereocenters. The summed E-state index contributed by atoms with van der Waals surface area (Å²) in [6.07, 6.45) is 3.72. The number of imidazole rings is 1. The Balaban J connectivity index is 0.00000724. The van der Waals surface area contributed by atoms with Crippen molar-refractivity contribution in [1.29, 1.82) is 0 Å². The van der Waals surface area contributed by atoms with Crippen LogP contribution in [0.25, 0.3) is 99.8 Å². The number of benzene rings is 9. The van der Waals surface area contributed by atoms with Crippen LogP contribution in [-0.4, -0.2) is 18.7 Å². The molecule has 13 rings (SSSR count). The average Bonchev–Trinajstić information content (AvgIpc) is 1.54. The molecule has 0 saturated heterocycles. The van der Waals surface area contributed by atoms with Gasteiger partial charge in [0, 0.05) is 63.5 Å². The van der Waals surface area contributed by atoms with Gasteiger partial charge in [-0.05, 0) is 116 Å². The van der Waals surface area contributed by atoms with Crippen LogP contribution in [0.15, 0.2) is 206 Å². The number of rotatable bonds is 10. The van der Waals surface area contributed by atoms with Crippen molar-refractivity contribution < 1.29 is 40.0 Å². The molecule has 6 nitrogen and oxygen atoms in total. The topological polar surface area (TPSA) is 40.8 Å². The van der Waals surface area contributed by atoms with Gasteiger partial charge in [0.15, 0.2) is 0 Å². The molecular formula is C72H61N5OPt-2. The van der Waals surface area contributed by atoms with Crippen molar-refractivity contribution in [2.45, 2.75) is 72.6 Å². The molecule has 0 saturated carbocycles. The molecule has 4 heterocycles. The monoisotopic (exact) mass is 1210 g/mol. The Labute approximate surface area is 487 Å². The molecule has 4 aromatic heterocycles. The van der Waals surface area contributed by atoms with Crippen molar-refractivity contribution in [3.8, 4) is 56.6 Å². The molecule has 13 aromatic rings. The number of hydrogen-bond acceptors (Lipinski definition) is 2. The molecule has 0 aliphatic carbocycles. The Kier molecular flexibility index (Phi) is 11.1. The minimum Gasteiger partial charge on any atom is -0.510 e. The van der Waals surface area contributed by atoms with E-state index in [1.54, 1.807) is 12.3 Å². The van der Waals surface area contributed by atoms with Crippen LogP contribution in [0.3, 0.4) is 0 Å². The fourth-order valence-electron chi connectivity index (χ4n) is 10.9. The molecule has 0 amide bonds. The predicted molar refractivity (Wildman–Crippen MR) is 321 cm³/mol. The first-order valence-electron chi connectivity index (χ1n) is 30.1. The Bertz CT molecular complexity index is 4760. The SMILES string of the molecule is [2H]c1c([2H])c([2H])c(-c2cccc(-c3cc(C(C)(C)C)cc(C(C)(C)C)c3)c2-[n+]2[c-]n(-c3[c-]c(Oc4[c-]c5c(cc4)c4cc(-n6c7ccccc7c7ccccc76)ccc4n5-c4cc(C([2H])([2H])C(C)C)ccn4)ccc3)c3ccccc32)c([2H])c1[2H].[Pt]. The fourth-order valence-corrected chi connectivity index (χ4v) is 10.9. The third kappa shape index (κ3) is 9.36. The second kappa shape index (κ2) is 20.2. The number of nitrogens with zero attached hydrogens (tertiary/aromatic N) is 5. The minimum atomic E-state index is -1.62. The van der Waals surface area contributed by atoms with Crippen molar-refractivity contribution >= 4 is 54.6 Å². The van der Waals surface area contributed by atoms with E-state index in [1.807, 2.05) is 106 Å². The number of fused-ring (bicyclic) bond motifs is 7. The van der Waals surface area contributed by atoms with E-state index in [9.17, 15) is 2.74 Å². The quantitative estimate of drug-likeness (QED) is 0.101. The molecular weight excluding hydrogens is 1150 g/mol. The van der Waals surface area contributed by atoms with Crippen LogP contribution in [0.5, 0.6) is 11.5 Å². The van der Waals surface area contributed by atoms with Gasteiger partial charge in [-0.1, -0.05) is 188 Å². The summed E-state index contributed by atoms with van der Waals surface area (Å²) in [7, 11) is 0. The van der Waals surface area contributed by atoms with Gasteiger partial charge < -0.3 is 18.4 Å². The first-order valence-corrected chi connectivity index (χ1v) is 26.6. The maximum absolute atomic E-state index is 9.28. The van der Waals surface area contributed by atoms with Gasteiger partial charge in [-0.2, -0.15) is 18.2 Å². The van der Waals surface area contributed by atoms with Gasteiger partial charge in [0.25, 0.3) is 6.33 Å². The molecule has 0 fully saturated rings. The summed E-state index contributed by atoms with van der Waals surface area (Å²) in [5, 5.41) is 4.19. The van der Waals surface area contributed by atoms with Crippen molar-refractivity contribution in [2.24, 2.45) is 5.92 Å². The van der Waals surface area contributed by atoms with Crippen LogP contribution in [0.1, 0.15) is 81.7 Å². The Morgan fingerprint density at radius 1 is 0.582 bits per heavy atom. The van der Waals surface area contributed by atoms with Crippen LogP contribution in [0, 0.1) is 24.4 Å². The van der Waals surface area contributed by atoms with E-state index in [0.29, 0.717) is 45.3 Å². The largest absolute Gasteiger partial charge is 0.510 e. The summed E-state index contributed by atoms with van der Waals surface area (Å²) >= 11 is 0. The van der Waals surface area contributed by atoms with E-state index < -0.39 is 24.5 Å². The summed E-state index contributed by atoms with van der Waals surface area (Å²) < 4.78 is 77.8. The van der Waals surface area contributed by atoms with Crippen molar-refractivity contribution in [3.05, 3.63) is 241 Å². The molecule has 0 radical (unpaired) electrons. The van der Waals surface area contributed by atoms with Gasteiger partial charge in [-0.25, -0.2) is 4.98 Å². The first kappa shape index (κ1) is 43.6. The number of para-hydroxylation sites is 5. The van der Waals surface area contributed by atoms with E-state index in [-0.39, 0.29) is 55.5 Å². The molecule has 0 unspecified atom stereocenters. The van der Waals surface area contributed by atoms with Gasteiger partial charge in [0.2, 0.25) is 0 Å². The van der Waals surface area contributed by atoms with Gasteiger partial charge in [0.1, 0.15) is 5.82 Å². The van der Waals surface area contributed by atoms with E-state index in [0.717, 1.165) is 66.3 Å². The third-order valence-corrected chi connectivity index (χ3v) is 14.7. The molecule has 0 aliphatic heterocycles. The van der Waals surface area contributed by atoms with Gasteiger partial charge in [-0.15, -0.1) is 29.7 Å². The third-order valence-electron chi connectivity index (χ3n) is 14.7. The van der Waals surface area contributed by atoms with Crippen molar-refractivity contribution in [3.63, 3.8) is 0 Å². The molecule has 392 valence electrons. The molecule has 0 N–H and O–H groups in total. The predicted octanol–water partition coefficient (Wildman–Crippen LogP) is 17.8. The van der Waals surface area contributed by atoms with Crippen LogP contribution >= 0.6 is 0 Å². The average molecular weight is 1210 g/mol. The van der Waals surface area contributed by atoms with Crippen LogP contribution in [0.2, 0.25) is 0 Å². The normalized spacial score (nSPS) is 13.6. The Morgan fingerprint density at radius 3 is 1.91 bits per heavy atom. The zero-order valence-electron chi connectivity index (χ0n) is 52.3. The molecule has 9 aromatic carbocycles. The van der Waals surface area contributed by atoms with Crippen molar-refractivity contribution in [1.82, 2.24) is 18.7 Å². The second-order valence-corrected chi connectivity index (χ2v) is 22.5. The van der Waals surface area contributed by atoms with Gasteiger partial charge in [-0.3, -0.25) is 4.57 Å². The van der Waals surface area contributed by atoms with Crippen LogP contribution in [-0.2, 0) is 38.3 Å². The number of ether oxygens (including phenoxy) is 1. The van der Waals surface area contributed by atoms with Gasteiger partial charge in [0.05, 0.1) is 34.6 Å². The van der Waals surface area contributed by atoms with E-state index >= 15 is 0 Å². The molecule has 7 heteroatoms. The number of aromatic nitrogens is 5. The minimum absolute atomic E-state index is 0. The Hall–Kier alpha value is -8.31. The molecule has 0 bridgehead atoms. The zero-order chi connectivity index (χ0) is 59.6. The molecule has 79 heavy (non-hydrogen) atoms. The Morgan fingerprint density at radius 2 is 1.22 bits per heavy atom.